The van der Waals surface area contributed by atoms with Gasteiger partial charge in [-0.3, -0.25) is 14.5 Å². The molecule has 3 aromatic rings. The molecule has 0 bridgehead atoms. The number of carbonyl (C=O) groups is 1. The molecule has 2 heterocycles. The van der Waals surface area contributed by atoms with Crippen molar-refractivity contribution in [3.05, 3.63) is 83.4 Å². The molecule has 0 spiro atoms. The fraction of sp³-hybridized carbons (Fsp3) is 0.348. The first-order chi connectivity index (χ1) is 13.4. The van der Waals surface area contributed by atoms with Gasteiger partial charge in [0, 0.05) is 24.0 Å². The van der Waals surface area contributed by atoms with Crippen LogP contribution < -0.4 is 5.32 Å². The largest absolute Gasteiger partial charge is 0.340 e. The number of nitrogens with zero attached hydrogens (tertiary/aromatic N) is 3. The zero-order valence-electron chi connectivity index (χ0n) is 16.6. The highest BCUT2D eigenvalue weighted by Gasteiger charge is 2.33. The third-order valence-electron chi connectivity index (χ3n) is 5.05. The molecule has 4 rings (SSSR count). The van der Waals surface area contributed by atoms with E-state index in [1.54, 1.807) is 12.4 Å². The summed E-state index contributed by atoms with van der Waals surface area (Å²) in [7, 11) is 0. The summed E-state index contributed by atoms with van der Waals surface area (Å²) in [6.07, 6.45) is 5.84. The highest BCUT2D eigenvalue weighted by Crippen LogP contribution is 2.41. The molecule has 0 aliphatic heterocycles. The molecule has 1 N–H and O–H groups in total. The van der Waals surface area contributed by atoms with Crippen LogP contribution in [0.4, 0.5) is 0 Å². The van der Waals surface area contributed by atoms with Crippen LogP contribution in [0.1, 0.15) is 72.9 Å². The van der Waals surface area contributed by atoms with E-state index in [0.717, 1.165) is 16.8 Å². The van der Waals surface area contributed by atoms with Crippen LogP contribution in [0.25, 0.3) is 0 Å². The summed E-state index contributed by atoms with van der Waals surface area (Å²) in [6.45, 7) is 6.37. The second-order valence-electron chi connectivity index (χ2n) is 8.41. The maximum absolute atomic E-state index is 13.1. The molecule has 5 heteroatoms. The molecule has 1 saturated carbocycles. The molecule has 1 aromatic carbocycles. The van der Waals surface area contributed by atoms with Crippen LogP contribution in [0, 0.1) is 0 Å². The van der Waals surface area contributed by atoms with Gasteiger partial charge in [0.15, 0.2) is 5.69 Å². The Morgan fingerprint density at radius 3 is 2.32 bits per heavy atom. The first kappa shape index (κ1) is 18.4. The number of carbonyl (C=O) groups excluding carboxylic acids is 1. The molecule has 5 nitrogen and oxygen atoms in total. The van der Waals surface area contributed by atoms with Gasteiger partial charge in [-0.15, -0.1) is 0 Å². The number of aromatic nitrogens is 3. The van der Waals surface area contributed by atoms with Crippen LogP contribution in [0.3, 0.4) is 0 Å². The zero-order chi connectivity index (χ0) is 19.7. The van der Waals surface area contributed by atoms with Gasteiger partial charge in [-0.2, -0.15) is 5.10 Å². The fourth-order valence-electron chi connectivity index (χ4n) is 3.48. The van der Waals surface area contributed by atoms with Gasteiger partial charge < -0.3 is 5.32 Å². The van der Waals surface area contributed by atoms with Crippen LogP contribution in [-0.2, 0) is 5.54 Å². The molecule has 144 valence electrons. The van der Waals surface area contributed by atoms with Gasteiger partial charge in [-0.05, 0) is 62.9 Å². The van der Waals surface area contributed by atoms with E-state index in [2.05, 4.69) is 36.2 Å². The zero-order valence-corrected chi connectivity index (χ0v) is 16.6. The summed E-state index contributed by atoms with van der Waals surface area (Å²) in [6, 6.07) is 15.6. The third kappa shape index (κ3) is 3.84. The Morgan fingerprint density at radius 1 is 1.07 bits per heavy atom. The molecule has 1 aliphatic rings. The van der Waals surface area contributed by atoms with Crippen LogP contribution >= 0.6 is 0 Å². The minimum atomic E-state index is -0.249. The smallest absolute Gasteiger partial charge is 0.272 e. The van der Waals surface area contributed by atoms with E-state index >= 15 is 0 Å². The second kappa shape index (κ2) is 7.23. The number of amides is 1. The summed E-state index contributed by atoms with van der Waals surface area (Å²) in [4.78, 5) is 17.2. The topological polar surface area (TPSA) is 59.8 Å². The average molecular weight is 374 g/mol. The van der Waals surface area contributed by atoms with Crippen molar-refractivity contribution in [3.63, 3.8) is 0 Å². The van der Waals surface area contributed by atoms with Gasteiger partial charge in [-0.25, -0.2) is 0 Å². The lowest BCUT2D eigenvalue weighted by atomic mass is 9.99. The summed E-state index contributed by atoms with van der Waals surface area (Å²) >= 11 is 0. The van der Waals surface area contributed by atoms with E-state index in [-0.39, 0.29) is 17.5 Å². The number of hydrogen-bond acceptors (Lipinski definition) is 3. The number of rotatable bonds is 5. The molecule has 1 aliphatic carbocycles. The number of hydrogen-bond donors (Lipinski definition) is 1. The summed E-state index contributed by atoms with van der Waals surface area (Å²) < 4.78 is 2.02. The van der Waals surface area contributed by atoms with Gasteiger partial charge in [0.05, 0.1) is 11.6 Å². The van der Waals surface area contributed by atoms with Crippen molar-refractivity contribution in [2.75, 3.05) is 0 Å². The Bertz CT molecular complexity index is 914. The van der Waals surface area contributed by atoms with E-state index in [1.165, 1.54) is 12.8 Å². The minimum absolute atomic E-state index is 0.152. The van der Waals surface area contributed by atoms with Crippen molar-refractivity contribution in [1.29, 1.82) is 0 Å². The second-order valence-corrected chi connectivity index (χ2v) is 8.41. The minimum Gasteiger partial charge on any atom is -0.340 e. The van der Waals surface area contributed by atoms with Gasteiger partial charge in [0.1, 0.15) is 0 Å². The maximum atomic E-state index is 13.1. The first-order valence-corrected chi connectivity index (χ1v) is 9.79. The molecule has 28 heavy (non-hydrogen) atoms. The predicted molar refractivity (Wildman–Crippen MR) is 109 cm³/mol. The number of pyridine rings is 1. The lowest BCUT2D eigenvalue weighted by Crippen LogP contribution is -2.30. The Labute approximate surface area is 165 Å². The monoisotopic (exact) mass is 374 g/mol. The molecule has 0 radical (unpaired) electrons. The van der Waals surface area contributed by atoms with E-state index in [0.29, 0.717) is 11.6 Å². The van der Waals surface area contributed by atoms with E-state index < -0.39 is 0 Å². The van der Waals surface area contributed by atoms with Gasteiger partial charge in [0.2, 0.25) is 0 Å². The quantitative estimate of drug-likeness (QED) is 0.719. The maximum Gasteiger partial charge on any atom is 0.272 e. The van der Waals surface area contributed by atoms with Gasteiger partial charge >= 0.3 is 0 Å². The highest BCUT2D eigenvalue weighted by atomic mass is 16.2. The predicted octanol–water partition coefficient (Wildman–Crippen LogP) is 4.43. The number of benzene rings is 1. The SMILES string of the molecule is CC(C)(C)n1nc(C(=O)NC(c2ccccc2)c2ccncc2)cc1C1CC1. The van der Waals surface area contributed by atoms with Crippen molar-refractivity contribution >= 4 is 5.91 Å². The van der Waals surface area contributed by atoms with Gasteiger partial charge in [0.25, 0.3) is 5.91 Å². The van der Waals surface area contributed by atoms with Crippen LogP contribution in [0.5, 0.6) is 0 Å². The molecule has 1 unspecified atom stereocenters. The summed E-state index contributed by atoms with van der Waals surface area (Å²) in [5.41, 5.74) is 3.51. The fourth-order valence-corrected chi connectivity index (χ4v) is 3.48. The molecule has 1 amide bonds. The van der Waals surface area contributed by atoms with E-state index in [9.17, 15) is 4.79 Å². The normalized spacial score (nSPS) is 15.2. The lowest BCUT2D eigenvalue weighted by Gasteiger charge is -2.22. The van der Waals surface area contributed by atoms with Crippen molar-refractivity contribution in [1.82, 2.24) is 20.1 Å². The Balaban J connectivity index is 1.65. The van der Waals surface area contributed by atoms with Crippen LogP contribution in [-0.4, -0.2) is 20.7 Å². The van der Waals surface area contributed by atoms with E-state index in [4.69, 9.17) is 0 Å². The third-order valence-corrected chi connectivity index (χ3v) is 5.05. The van der Waals surface area contributed by atoms with Crippen LogP contribution in [0.2, 0.25) is 0 Å². The first-order valence-electron chi connectivity index (χ1n) is 9.79. The standard InChI is InChI=1S/C23H26N4O/c1-23(2,3)27-20(16-9-10-16)15-19(26-27)22(28)25-21(17-7-5-4-6-8-17)18-11-13-24-14-12-18/h4-8,11-16,21H,9-10H2,1-3H3,(H,25,28). The molecular weight excluding hydrogens is 348 g/mol. The molecule has 1 atom stereocenters. The van der Waals surface area contributed by atoms with Crippen molar-refractivity contribution in [2.45, 2.75) is 51.1 Å². The lowest BCUT2D eigenvalue weighted by molar-refractivity contribution is 0.0936. The van der Waals surface area contributed by atoms with Crippen molar-refractivity contribution < 1.29 is 4.79 Å². The van der Waals surface area contributed by atoms with Crippen molar-refractivity contribution in [2.24, 2.45) is 0 Å². The Kier molecular flexibility index (Phi) is 4.75. The Morgan fingerprint density at radius 2 is 1.71 bits per heavy atom. The highest BCUT2D eigenvalue weighted by molar-refractivity contribution is 5.93. The van der Waals surface area contributed by atoms with Gasteiger partial charge in [-0.1, -0.05) is 30.3 Å². The van der Waals surface area contributed by atoms with E-state index in [1.807, 2.05) is 53.2 Å². The van der Waals surface area contributed by atoms with Crippen LogP contribution in [0.15, 0.2) is 60.9 Å². The molecular formula is C23H26N4O. The summed E-state index contributed by atoms with van der Waals surface area (Å²) in [5.74, 6) is 0.369. The molecule has 0 saturated heterocycles. The Hall–Kier alpha value is -2.95. The number of nitrogens with one attached hydrogen (secondary N) is 1. The molecule has 2 aromatic heterocycles. The molecule has 1 fully saturated rings. The van der Waals surface area contributed by atoms with Crippen molar-refractivity contribution in [3.8, 4) is 0 Å². The summed E-state index contributed by atoms with van der Waals surface area (Å²) in [5, 5.41) is 7.85. The average Bonchev–Trinajstić information content (AvgIpc) is 3.44.